The normalized spacial score (nSPS) is 16.0. The Hall–Kier alpha value is -1.59. The molecule has 0 N–H and O–H groups in total. The number of nitrogens with zero attached hydrogens (tertiary/aromatic N) is 1. The molecule has 5 nitrogen and oxygen atoms in total. The molecule has 1 aromatic rings. The topological polar surface area (TPSA) is 48.0 Å². The molecule has 1 aliphatic heterocycles. The highest BCUT2D eigenvalue weighted by atomic mass is 16.5. The second-order valence-corrected chi connectivity index (χ2v) is 5.05. The van der Waals surface area contributed by atoms with Gasteiger partial charge in [-0.2, -0.15) is 0 Å². The second kappa shape index (κ2) is 8.64. The van der Waals surface area contributed by atoms with Crippen LogP contribution in [0, 0.1) is 0 Å². The van der Waals surface area contributed by atoms with E-state index in [9.17, 15) is 4.79 Å². The van der Waals surface area contributed by atoms with E-state index in [0.717, 1.165) is 31.7 Å². The number of amides is 1. The number of hydrogen-bond acceptors (Lipinski definition) is 4. The monoisotopic (exact) mass is 293 g/mol. The zero-order valence-corrected chi connectivity index (χ0v) is 12.5. The quantitative estimate of drug-likeness (QED) is 0.718. The number of rotatable bonds is 7. The lowest BCUT2D eigenvalue weighted by molar-refractivity contribution is -0.137. The molecule has 0 atom stereocenters. The van der Waals surface area contributed by atoms with Crippen LogP contribution in [0.3, 0.4) is 0 Å². The van der Waals surface area contributed by atoms with E-state index in [1.54, 1.807) is 7.11 Å². The fourth-order valence-electron chi connectivity index (χ4n) is 2.38. The van der Waals surface area contributed by atoms with Crippen molar-refractivity contribution in [1.29, 1.82) is 0 Å². The standard InChI is InChI=1S/C16H23NO4/c1-19-13-16(18)17-9-7-15(8-10-17)21-12-11-20-14-5-3-2-4-6-14/h2-6,15H,7-13H2,1H3. The third kappa shape index (κ3) is 5.36. The maximum Gasteiger partial charge on any atom is 0.248 e. The first-order chi connectivity index (χ1) is 10.3. The Morgan fingerprint density at radius 3 is 2.57 bits per heavy atom. The molecule has 0 unspecified atom stereocenters. The summed E-state index contributed by atoms with van der Waals surface area (Å²) in [5.74, 6) is 0.921. The average Bonchev–Trinajstić information content (AvgIpc) is 2.53. The number of piperidine rings is 1. The summed E-state index contributed by atoms with van der Waals surface area (Å²) in [7, 11) is 1.54. The number of hydrogen-bond donors (Lipinski definition) is 0. The van der Waals surface area contributed by atoms with Crippen LogP contribution in [0.25, 0.3) is 0 Å². The van der Waals surface area contributed by atoms with Gasteiger partial charge in [0, 0.05) is 20.2 Å². The maximum absolute atomic E-state index is 11.7. The van der Waals surface area contributed by atoms with E-state index in [4.69, 9.17) is 14.2 Å². The number of carbonyl (C=O) groups excluding carboxylic acids is 1. The molecule has 21 heavy (non-hydrogen) atoms. The second-order valence-electron chi connectivity index (χ2n) is 5.05. The fourth-order valence-corrected chi connectivity index (χ4v) is 2.38. The summed E-state index contributed by atoms with van der Waals surface area (Å²) < 4.78 is 16.2. The first-order valence-corrected chi connectivity index (χ1v) is 7.36. The summed E-state index contributed by atoms with van der Waals surface area (Å²) in [6.45, 7) is 2.77. The maximum atomic E-state index is 11.7. The highest BCUT2D eigenvalue weighted by Crippen LogP contribution is 2.14. The van der Waals surface area contributed by atoms with Gasteiger partial charge in [-0.3, -0.25) is 4.79 Å². The van der Waals surface area contributed by atoms with Gasteiger partial charge in [0.15, 0.2) is 0 Å². The highest BCUT2D eigenvalue weighted by Gasteiger charge is 2.22. The van der Waals surface area contributed by atoms with Crippen LogP contribution in [0.2, 0.25) is 0 Å². The molecule has 0 spiro atoms. The van der Waals surface area contributed by atoms with Gasteiger partial charge in [0.25, 0.3) is 0 Å². The number of benzene rings is 1. The number of likely N-dealkylation sites (tertiary alicyclic amines) is 1. The summed E-state index contributed by atoms with van der Waals surface area (Å²) in [6.07, 6.45) is 1.97. The first kappa shape index (κ1) is 15.8. The first-order valence-electron chi connectivity index (χ1n) is 7.36. The molecule has 116 valence electrons. The van der Waals surface area contributed by atoms with Gasteiger partial charge in [-0.1, -0.05) is 18.2 Å². The van der Waals surface area contributed by atoms with Crippen LogP contribution in [0.4, 0.5) is 0 Å². The Kier molecular flexibility index (Phi) is 6.50. The molecule has 0 aliphatic carbocycles. The summed E-state index contributed by atoms with van der Waals surface area (Å²) in [5, 5.41) is 0. The van der Waals surface area contributed by atoms with E-state index in [-0.39, 0.29) is 18.6 Å². The van der Waals surface area contributed by atoms with Gasteiger partial charge in [-0.05, 0) is 25.0 Å². The molecule has 1 aliphatic rings. The molecule has 0 aromatic heterocycles. The Morgan fingerprint density at radius 2 is 1.90 bits per heavy atom. The Labute approximate surface area is 125 Å². The van der Waals surface area contributed by atoms with Crippen LogP contribution in [0.1, 0.15) is 12.8 Å². The van der Waals surface area contributed by atoms with Gasteiger partial charge >= 0.3 is 0 Å². The predicted octanol–water partition coefficient (Wildman–Crippen LogP) is 1.72. The molecule has 0 saturated carbocycles. The minimum Gasteiger partial charge on any atom is -0.491 e. The third-order valence-corrected chi connectivity index (χ3v) is 3.51. The number of ether oxygens (including phenoxy) is 3. The molecular weight excluding hydrogens is 270 g/mol. The van der Waals surface area contributed by atoms with Crippen LogP contribution in [0.5, 0.6) is 5.75 Å². The van der Waals surface area contributed by atoms with Crippen LogP contribution in [-0.2, 0) is 14.3 Å². The van der Waals surface area contributed by atoms with Crippen LogP contribution >= 0.6 is 0 Å². The summed E-state index contributed by atoms with van der Waals surface area (Å²) in [4.78, 5) is 13.5. The molecule has 1 amide bonds. The zero-order valence-electron chi connectivity index (χ0n) is 12.5. The van der Waals surface area contributed by atoms with Crippen molar-refractivity contribution in [3.8, 4) is 5.75 Å². The zero-order chi connectivity index (χ0) is 14.9. The molecule has 1 heterocycles. The SMILES string of the molecule is COCC(=O)N1CCC(OCCOc2ccccc2)CC1. The van der Waals surface area contributed by atoms with Crippen molar-refractivity contribution in [2.45, 2.75) is 18.9 Å². The fraction of sp³-hybridized carbons (Fsp3) is 0.562. The van der Waals surface area contributed by atoms with Gasteiger partial charge in [0.2, 0.25) is 5.91 Å². The van der Waals surface area contributed by atoms with E-state index < -0.39 is 0 Å². The van der Waals surface area contributed by atoms with E-state index in [0.29, 0.717) is 13.2 Å². The Balaban J connectivity index is 1.58. The predicted molar refractivity (Wildman–Crippen MR) is 79.4 cm³/mol. The lowest BCUT2D eigenvalue weighted by Gasteiger charge is -2.31. The van der Waals surface area contributed by atoms with Crippen LogP contribution < -0.4 is 4.74 Å². The molecule has 1 saturated heterocycles. The van der Waals surface area contributed by atoms with Crippen molar-refractivity contribution >= 4 is 5.91 Å². The number of carbonyl (C=O) groups is 1. The van der Waals surface area contributed by atoms with E-state index in [1.165, 1.54) is 0 Å². The van der Waals surface area contributed by atoms with Gasteiger partial charge in [-0.15, -0.1) is 0 Å². The number of methoxy groups -OCH3 is 1. The summed E-state index contributed by atoms with van der Waals surface area (Å²) >= 11 is 0. The van der Waals surface area contributed by atoms with Gasteiger partial charge in [-0.25, -0.2) is 0 Å². The van der Waals surface area contributed by atoms with Crippen molar-refractivity contribution in [3.05, 3.63) is 30.3 Å². The van der Waals surface area contributed by atoms with E-state index in [2.05, 4.69) is 0 Å². The lowest BCUT2D eigenvalue weighted by Crippen LogP contribution is -2.42. The summed E-state index contributed by atoms with van der Waals surface area (Å²) in [5.41, 5.74) is 0. The minimum atomic E-state index is 0.0587. The molecule has 5 heteroatoms. The number of para-hydroxylation sites is 1. The van der Waals surface area contributed by atoms with Gasteiger partial charge in [0.1, 0.15) is 19.0 Å². The van der Waals surface area contributed by atoms with Crippen molar-refractivity contribution < 1.29 is 19.0 Å². The molecular formula is C16H23NO4. The molecule has 2 rings (SSSR count). The molecule has 0 radical (unpaired) electrons. The van der Waals surface area contributed by atoms with Crippen molar-refractivity contribution in [2.24, 2.45) is 0 Å². The highest BCUT2D eigenvalue weighted by molar-refractivity contribution is 5.77. The average molecular weight is 293 g/mol. The minimum absolute atomic E-state index is 0.0587. The van der Waals surface area contributed by atoms with Crippen LogP contribution in [-0.4, -0.2) is 56.9 Å². The molecule has 1 aromatic carbocycles. The Bertz CT molecular complexity index is 416. The van der Waals surface area contributed by atoms with Crippen molar-refractivity contribution in [1.82, 2.24) is 4.90 Å². The lowest BCUT2D eigenvalue weighted by atomic mass is 10.1. The van der Waals surface area contributed by atoms with Crippen molar-refractivity contribution in [2.75, 3.05) is 40.0 Å². The van der Waals surface area contributed by atoms with Gasteiger partial charge in [0.05, 0.1) is 12.7 Å². The van der Waals surface area contributed by atoms with Crippen LogP contribution in [0.15, 0.2) is 30.3 Å². The van der Waals surface area contributed by atoms with E-state index >= 15 is 0 Å². The molecule has 1 fully saturated rings. The molecule has 0 bridgehead atoms. The van der Waals surface area contributed by atoms with Crippen molar-refractivity contribution in [3.63, 3.8) is 0 Å². The van der Waals surface area contributed by atoms with Gasteiger partial charge < -0.3 is 19.1 Å². The largest absolute Gasteiger partial charge is 0.491 e. The third-order valence-electron chi connectivity index (χ3n) is 3.51. The smallest absolute Gasteiger partial charge is 0.248 e. The summed E-state index contributed by atoms with van der Waals surface area (Å²) in [6, 6.07) is 9.72. The van der Waals surface area contributed by atoms with E-state index in [1.807, 2.05) is 35.2 Å². The Morgan fingerprint density at radius 1 is 1.19 bits per heavy atom.